The third-order valence-electron chi connectivity index (χ3n) is 4.05. The second kappa shape index (κ2) is 4.74. The van der Waals surface area contributed by atoms with E-state index in [0.29, 0.717) is 0 Å². The van der Waals surface area contributed by atoms with E-state index in [0.717, 1.165) is 32.6 Å². The Morgan fingerprint density at radius 2 is 1.85 bits per heavy atom. The van der Waals surface area contributed by atoms with Crippen LogP contribution in [0.1, 0.15) is 38.8 Å². The molecule has 1 aromatic rings. The van der Waals surface area contributed by atoms with Gasteiger partial charge in [0.05, 0.1) is 11.2 Å². The zero-order valence-corrected chi connectivity index (χ0v) is 13.1. The summed E-state index contributed by atoms with van der Waals surface area (Å²) in [6.45, 7) is 12.8. The molecule has 110 valence electrons. The van der Waals surface area contributed by atoms with Gasteiger partial charge in [0, 0.05) is 31.9 Å². The fraction of sp³-hybridized carbons (Fsp3) is 0.647. The predicted molar refractivity (Wildman–Crippen MR) is 83.2 cm³/mol. The van der Waals surface area contributed by atoms with Crippen molar-refractivity contribution in [3.63, 3.8) is 0 Å². The number of rotatable bonds is 2. The first-order valence-corrected chi connectivity index (χ1v) is 7.61. The summed E-state index contributed by atoms with van der Waals surface area (Å²) in [7, 11) is 0. The minimum absolute atomic E-state index is 0.0727. The van der Waals surface area contributed by atoms with Gasteiger partial charge in [-0.1, -0.05) is 12.1 Å². The third kappa shape index (κ3) is 2.99. The Hall–Kier alpha value is -1.06. The lowest BCUT2D eigenvalue weighted by atomic mass is 9.98. The minimum atomic E-state index is -0.0727. The molecule has 0 bridgehead atoms. The van der Waals surface area contributed by atoms with Gasteiger partial charge in [0.25, 0.3) is 0 Å². The van der Waals surface area contributed by atoms with Gasteiger partial charge < -0.3 is 10.1 Å². The Morgan fingerprint density at radius 3 is 2.55 bits per heavy atom. The average molecular weight is 274 g/mol. The van der Waals surface area contributed by atoms with Crippen LogP contribution in [0.3, 0.4) is 0 Å². The lowest BCUT2D eigenvalue weighted by Crippen LogP contribution is -2.56. The maximum absolute atomic E-state index is 6.15. The van der Waals surface area contributed by atoms with Crippen LogP contribution in [0.2, 0.25) is 0 Å². The number of ether oxygens (including phenoxy) is 1. The molecule has 20 heavy (non-hydrogen) atoms. The third-order valence-corrected chi connectivity index (χ3v) is 4.05. The van der Waals surface area contributed by atoms with Crippen LogP contribution in [-0.2, 0) is 17.7 Å². The van der Waals surface area contributed by atoms with Gasteiger partial charge >= 0.3 is 0 Å². The van der Waals surface area contributed by atoms with Crippen LogP contribution in [0, 0.1) is 0 Å². The fourth-order valence-corrected chi connectivity index (χ4v) is 3.75. The molecule has 2 heterocycles. The fourth-order valence-electron chi connectivity index (χ4n) is 3.75. The van der Waals surface area contributed by atoms with Crippen molar-refractivity contribution in [1.29, 1.82) is 0 Å². The van der Waals surface area contributed by atoms with Gasteiger partial charge in [-0.2, -0.15) is 0 Å². The van der Waals surface area contributed by atoms with Crippen molar-refractivity contribution in [3.8, 4) is 0 Å². The van der Waals surface area contributed by atoms with Crippen molar-refractivity contribution in [2.75, 3.05) is 25.0 Å². The minimum Gasteiger partial charge on any atom is -0.384 e. The number of fused-ring (bicyclic) bond motifs is 1. The van der Waals surface area contributed by atoms with E-state index in [9.17, 15) is 0 Å². The summed E-state index contributed by atoms with van der Waals surface area (Å²) >= 11 is 0. The monoisotopic (exact) mass is 274 g/mol. The molecule has 1 N–H and O–H groups in total. The molecule has 0 aliphatic carbocycles. The molecule has 1 aromatic carbocycles. The van der Waals surface area contributed by atoms with Crippen LogP contribution in [0.25, 0.3) is 0 Å². The van der Waals surface area contributed by atoms with E-state index in [2.05, 4.69) is 56.1 Å². The maximum Gasteiger partial charge on any atom is 0.0760 e. The highest BCUT2D eigenvalue weighted by Gasteiger charge is 2.37. The first-order valence-electron chi connectivity index (χ1n) is 7.61. The van der Waals surface area contributed by atoms with Gasteiger partial charge in [0.1, 0.15) is 0 Å². The zero-order chi connectivity index (χ0) is 14.4. The van der Waals surface area contributed by atoms with Gasteiger partial charge in [0.2, 0.25) is 0 Å². The second-order valence-corrected chi connectivity index (χ2v) is 7.43. The second-order valence-electron chi connectivity index (χ2n) is 7.43. The molecular weight excluding hydrogens is 248 g/mol. The van der Waals surface area contributed by atoms with E-state index in [1.165, 1.54) is 16.8 Å². The van der Waals surface area contributed by atoms with E-state index in [4.69, 9.17) is 4.74 Å². The summed E-state index contributed by atoms with van der Waals surface area (Å²) in [5, 5.41) is 3.47. The number of nitrogens with zero attached hydrogens (tertiary/aromatic N) is 1. The van der Waals surface area contributed by atoms with Crippen molar-refractivity contribution in [2.45, 2.75) is 51.9 Å². The molecule has 1 fully saturated rings. The molecule has 3 heteroatoms. The molecule has 0 aromatic heterocycles. The maximum atomic E-state index is 6.15. The summed E-state index contributed by atoms with van der Waals surface area (Å²) < 4.78 is 6.15. The Labute approximate surface area is 122 Å². The molecule has 0 saturated carbocycles. The largest absolute Gasteiger partial charge is 0.384 e. The zero-order valence-electron chi connectivity index (χ0n) is 13.1. The van der Waals surface area contributed by atoms with Crippen LogP contribution in [0.15, 0.2) is 18.2 Å². The first-order chi connectivity index (χ1) is 9.33. The molecule has 0 unspecified atom stereocenters. The number of benzene rings is 1. The molecular formula is C17H26N2O. The van der Waals surface area contributed by atoms with Crippen molar-refractivity contribution >= 4 is 5.69 Å². The molecule has 0 amide bonds. The number of nitrogens with one attached hydrogen (secondary N) is 1. The average Bonchev–Trinajstić information content (AvgIpc) is 2.71. The highest BCUT2D eigenvalue weighted by molar-refractivity contribution is 5.57. The van der Waals surface area contributed by atoms with E-state index >= 15 is 0 Å². The van der Waals surface area contributed by atoms with Crippen LogP contribution >= 0.6 is 0 Å². The van der Waals surface area contributed by atoms with Gasteiger partial charge in [-0.15, -0.1) is 0 Å². The van der Waals surface area contributed by atoms with Gasteiger partial charge in [-0.25, -0.2) is 0 Å². The molecule has 3 rings (SSSR count). The molecule has 0 radical (unpaired) electrons. The topological polar surface area (TPSA) is 24.5 Å². The van der Waals surface area contributed by atoms with Gasteiger partial charge in [0.15, 0.2) is 0 Å². The lowest BCUT2D eigenvalue weighted by molar-refractivity contribution is -0.182. The number of anilines is 1. The lowest BCUT2D eigenvalue weighted by Gasteiger charge is -2.47. The smallest absolute Gasteiger partial charge is 0.0760 e. The molecule has 0 spiro atoms. The SMILES string of the molecule is CC1(C)CN(Cc2ccc3c(c2)NCC3)CC(C)(C)O1. The summed E-state index contributed by atoms with van der Waals surface area (Å²) in [5.41, 5.74) is 4.03. The van der Waals surface area contributed by atoms with E-state index < -0.39 is 0 Å². The summed E-state index contributed by atoms with van der Waals surface area (Å²) in [6.07, 6.45) is 1.16. The highest BCUT2D eigenvalue weighted by atomic mass is 16.5. The van der Waals surface area contributed by atoms with Crippen molar-refractivity contribution in [1.82, 2.24) is 4.90 Å². The first kappa shape index (κ1) is 13.9. The number of hydrogen-bond donors (Lipinski definition) is 1. The Kier molecular flexibility index (Phi) is 3.30. The van der Waals surface area contributed by atoms with E-state index in [-0.39, 0.29) is 11.2 Å². The Bertz CT molecular complexity index is 492. The molecule has 2 aliphatic rings. The quantitative estimate of drug-likeness (QED) is 0.897. The van der Waals surface area contributed by atoms with Gasteiger partial charge in [-0.3, -0.25) is 4.90 Å². The van der Waals surface area contributed by atoms with Crippen LogP contribution in [0.4, 0.5) is 5.69 Å². The Morgan fingerprint density at radius 1 is 1.15 bits per heavy atom. The molecule has 0 atom stereocenters. The van der Waals surface area contributed by atoms with Gasteiger partial charge in [-0.05, 0) is 51.3 Å². The summed E-state index contributed by atoms with van der Waals surface area (Å²) in [6, 6.07) is 6.88. The highest BCUT2D eigenvalue weighted by Crippen LogP contribution is 2.30. The Balaban J connectivity index is 1.74. The number of hydrogen-bond acceptors (Lipinski definition) is 3. The van der Waals surface area contributed by atoms with E-state index in [1.807, 2.05) is 0 Å². The molecule has 1 saturated heterocycles. The van der Waals surface area contributed by atoms with Crippen molar-refractivity contribution in [2.24, 2.45) is 0 Å². The molecule has 3 nitrogen and oxygen atoms in total. The van der Waals surface area contributed by atoms with Crippen LogP contribution < -0.4 is 5.32 Å². The molecule has 2 aliphatic heterocycles. The van der Waals surface area contributed by atoms with E-state index in [1.54, 1.807) is 0 Å². The summed E-state index contributed by atoms with van der Waals surface area (Å²) in [4.78, 5) is 2.51. The standard InChI is InChI=1S/C17H26N2O/c1-16(2)11-19(12-17(3,4)20-16)10-13-5-6-14-7-8-18-15(14)9-13/h5-6,9,18H,7-8,10-12H2,1-4H3. The predicted octanol–water partition coefficient (Wildman–Crippen LogP) is 3.04. The van der Waals surface area contributed by atoms with Crippen LogP contribution in [-0.4, -0.2) is 35.7 Å². The normalized spacial score (nSPS) is 24.2. The number of morpholine rings is 1. The van der Waals surface area contributed by atoms with Crippen molar-refractivity contribution in [3.05, 3.63) is 29.3 Å². The van der Waals surface area contributed by atoms with Crippen molar-refractivity contribution < 1.29 is 4.74 Å². The summed E-state index contributed by atoms with van der Waals surface area (Å²) in [5.74, 6) is 0. The van der Waals surface area contributed by atoms with Crippen LogP contribution in [0.5, 0.6) is 0 Å².